The maximum atomic E-state index is 13.2. The smallest absolute Gasteiger partial charge is 0.266 e. The zero-order valence-corrected chi connectivity index (χ0v) is 19.8. The molecular formula is C23H25ClN4O3S. The third-order valence-corrected chi connectivity index (χ3v) is 6.93. The van der Waals surface area contributed by atoms with Crippen molar-refractivity contribution < 1.29 is 9.59 Å². The highest BCUT2D eigenvalue weighted by molar-refractivity contribution is 7.20. The first-order valence-electron chi connectivity index (χ1n) is 10.7. The van der Waals surface area contributed by atoms with E-state index < -0.39 is 5.91 Å². The van der Waals surface area contributed by atoms with Gasteiger partial charge in [0, 0.05) is 24.0 Å². The van der Waals surface area contributed by atoms with Crippen molar-refractivity contribution in [2.45, 2.75) is 59.0 Å². The highest BCUT2D eigenvalue weighted by atomic mass is 35.5. The number of anilines is 1. The van der Waals surface area contributed by atoms with Crippen LogP contribution in [0.5, 0.6) is 0 Å². The van der Waals surface area contributed by atoms with Gasteiger partial charge >= 0.3 is 0 Å². The summed E-state index contributed by atoms with van der Waals surface area (Å²) in [5, 5.41) is 6.53. The van der Waals surface area contributed by atoms with Crippen LogP contribution in [0.15, 0.2) is 23.0 Å². The van der Waals surface area contributed by atoms with Crippen LogP contribution >= 0.6 is 22.9 Å². The molecule has 2 N–H and O–H groups in total. The van der Waals surface area contributed by atoms with Crippen molar-refractivity contribution >= 4 is 50.7 Å². The molecule has 1 aliphatic rings. The lowest BCUT2D eigenvalue weighted by Crippen LogP contribution is -2.31. The SMILES string of the molecule is Cc1c(C(=O)Nc2cc(Cl)ccc2C(=O)NC(C)C)sc2nc3n(c(=O)c12)CCCCC3. The number of benzene rings is 1. The zero-order chi connectivity index (χ0) is 23.0. The number of aromatic nitrogens is 2. The van der Waals surface area contributed by atoms with Crippen molar-refractivity contribution in [3.63, 3.8) is 0 Å². The van der Waals surface area contributed by atoms with Gasteiger partial charge in [0.25, 0.3) is 17.4 Å². The Bertz CT molecular complexity index is 1280. The lowest BCUT2D eigenvalue weighted by molar-refractivity contribution is 0.0944. The fourth-order valence-electron chi connectivity index (χ4n) is 3.96. The standard InChI is InChI=1S/C23H25ClN4O3S/c1-12(2)25-20(29)15-9-8-14(24)11-16(15)26-21(30)19-13(3)18-22(32-19)27-17-7-5-4-6-10-28(17)23(18)31/h8-9,11-12H,4-7,10H2,1-3H3,(H,25,29)(H,26,30). The number of carbonyl (C=O) groups excluding carboxylic acids is 2. The molecule has 0 atom stereocenters. The summed E-state index contributed by atoms with van der Waals surface area (Å²) >= 11 is 7.33. The Morgan fingerprint density at radius 3 is 2.72 bits per heavy atom. The van der Waals surface area contributed by atoms with Gasteiger partial charge in [-0.3, -0.25) is 19.0 Å². The molecule has 0 unspecified atom stereocenters. The number of carbonyl (C=O) groups is 2. The van der Waals surface area contributed by atoms with Crippen molar-refractivity contribution in [1.82, 2.24) is 14.9 Å². The maximum absolute atomic E-state index is 13.2. The fraction of sp³-hybridized carbons (Fsp3) is 0.391. The second-order valence-electron chi connectivity index (χ2n) is 8.30. The average molecular weight is 473 g/mol. The van der Waals surface area contributed by atoms with Crippen LogP contribution in [-0.4, -0.2) is 27.4 Å². The van der Waals surface area contributed by atoms with Crippen LogP contribution < -0.4 is 16.2 Å². The van der Waals surface area contributed by atoms with Gasteiger partial charge in [0.15, 0.2) is 0 Å². The van der Waals surface area contributed by atoms with Gasteiger partial charge in [0.05, 0.1) is 21.5 Å². The Balaban J connectivity index is 1.72. The number of nitrogens with zero attached hydrogens (tertiary/aromatic N) is 2. The fourth-order valence-corrected chi connectivity index (χ4v) is 5.22. The first-order valence-corrected chi connectivity index (χ1v) is 11.9. The summed E-state index contributed by atoms with van der Waals surface area (Å²) in [6, 6.07) is 4.68. The van der Waals surface area contributed by atoms with Crippen LogP contribution in [0, 0.1) is 6.92 Å². The molecule has 0 fully saturated rings. The van der Waals surface area contributed by atoms with E-state index >= 15 is 0 Å². The Labute approximate surface area is 194 Å². The normalized spacial score (nSPS) is 13.7. The molecule has 0 aliphatic carbocycles. The van der Waals surface area contributed by atoms with E-state index in [0.717, 1.165) is 31.5 Å². The number of aryl methyl sites for hydroxylation is 2. The highest BCUT2D eigenvalue weighted by Gasteiger charge is 2.23. The van der Waals surface area contributed by atoms with E-state index in [1.54, 1.807) is 29.7 Å². The summed E-state index contributed by atoms with van der Waals surface area (Å²) in [4.78, 5) is 44.6. The Kier molecular flexibility index (Phi) is 6.35. The van der Waals surface area contributed by atoms with Crippen LogP contribution in [0.4, 0.5) is 5.69 Å². The molecule has 1 aromatic carbocycles. The van der Waals surface area contributed by atoms with E-state index in [2.05, 4.69) is 10.6 Å². The molecule has 32 heavy (non-hydrogen) atoms. The van der Waals surface area contributed by atoms with Gasteiger partial charge in [0.1, 0.15) is 10.7 Å². The molecule has 3 aromatic rings. The van der Waals surface area contributed by atoms with E-state index in [4.69, 9.17) is 16.6 Å². The number of nitrogens with one attached hydrogen (secondary N) is 2. The van der Waals surface area contributed by atoms with Crippen molar-refractivity contribution in [3.05, 3.63) is 55.4 Å². The third kappa shape index (κ3) is 4.29. The van der Waals surface area contributed by atoms with Gasteiger partial charge in [-0.2, -0.15) is 0 Å². The first-order chi connectivity index (χ1) is 15.3. The Hall–Kier alpha value is -2.71. The van der Waals surface area contributed by atoms with E-state index in [9.17, 15) is 14.4 Å². The highest BCUT2D eigenvalue weighted by Crippen LogP contribution is 2.30. The minimum atomic E-state index is -0.397. The predicted octanol–water partition coefficient (Wildman–Crippen LogP) is 4.54. The van der Waals surface area contributed by atoms with Crippen molar-refractivity contribution in [1.29, 1.82) is 0 Å². The number of hydrogen-bond acceptors (Lipinski definition) is 5. The number of thiophene rings is 1. The van der Waals surface area contributed by atoms with E-state index in [0.29, 0.717) is 43.5 Å². The molecule has 0 saturated carbocycles. The average Bonchev–Trinajstić information content (AvgIpc) is 2.89. The van der Waals surface area contributed by atoms with Gasteiger partial charge in [0.2, 0.25) is 0 Å². The third-order valence-electron chi connectivity index (χ3n) is 5.51. The monoisotopic (exact) mass is 472 g/mol. The van der Waals surface area contributed by atoms with Crippen molar-refractivity contribution in [3.8, 4) is 0 Å². The van der Waals surface area contributed by atoms with Crippen LogP contribution in [0.25, 0.3) is 10.2 Å². The first kappa shape index (κ1) is 22.5. The van der Waals surface area contributed by atoms with E-state index in [1.807, 2.05) is 13.8 Å². The topological polar surface area (TPSA) is 93.1 Å². The second-order valence-corrected chi connectivity index (χ2v) is 9.74. The lowest BCUT2D eigenvalue weighted by atomic mass is 10.1. The second kappa shape index (κ2) is 9.03. The minimum Gasteiger partial charge on any atom is -0.350 e. The van der Waals surface area contributed by atoms with E-state index in [1.165, 1.54) is 11.3 Å². The predicted molar refractivity (Wildman–Crippen MR) is 128 cm³/mol. The lowest BCUT2D eigenvalue weighted by Gasteiger charge is -2.13. The van der Waals surface area contributed by atoms with Gasteiger partial charge in [-0.1, -0.05) is 18.0 Å². The molecule has 2 amide bonds. The van der Waals surface area contributed by atoms with Crippen molar-refractivity contribution in [2.75, 3.05) is 5.32 Å². The number of hydrogen-bond donors (Lipinski definition) is 2. The summed E-state index contributed by atoms with van der Waals surface area (Å²) in [5.41, 5.74) is 1.16. The summed E-state index contributed by atoms with van der Waals surface area (Å²) in [7, 11) is 0. The summed E-state index contributed by atoms with van der Waals surface area (Å²) in [5.74, 6) is 0.0883. The molecule has 3 heterocycles. The molecule has 0 radical (unpaired) electrons. The number of rotatable bonds is 4. The molecule has 9 heteroatoms. The van der Waals surface area contributed by atoms with E-state index in [-0.39, 0.29) is 17.5 Å². The molecule has 168 valence electrons. The molecule has 0 spiro atoms. The summed E-state index contributed by atoms with van der Waals surface area (Å²) in [6.45, 7) is 6.15. The minimum absolute atomic E-state index is 0.0548. The molecule has 1 aliphatic heterocycles. The zero-order valence-electron chi connectivity index (χ0n) is 18.3. The van der Waals surface area contributed by atoms with Crippen LogP contribution in [0.2, 0.25) is 5.02 Å². The maximum Gasteiger partial charge on any atom is 0.266 e. The molecule has 4 rings (SSSR count). The molecule has 2 aromatic heterocycles. The van der Waals surface area contributed by atoms with Crippen LogP contribution in [-0.2, 0) is 13.0 Å². The summed E-state index contributed by atoms with van der Waals surface area (Å²) < 4.78 is 1.75. The Morgan fingerprint density at radius 1 is 1.19 bits per heavy atom. The number of halogens is 1. The number of amides is 2. The van der Waals surface area contributed by atoms with Crippen LogP contribution in [0.3, 0.4) is 0 Å². The van der Waals surface area contributed by atoms with Crippen LogP contribution in [0.1, 0.15) is 64.5 Å². The summed E-state index contributed by atoms with van der Waals surface area (Å²) in [6.07, 6.45) is 3.80. The quantitative estimate of drug-likeness (QED) is 0.583. The molecule has 0 bridgehead atoms. The van der Waals surface area contributed by atoms with Gasteiger partial charge in [-0.25, -0.2) is 4.98 Å². The van der Waals surface area contributed by atoms with Gasteiger partial charge in [-0.15, -0.1) is 11.3 Å². The Morgan fingerprint density at radius 2 is 1.97 bits per heavy atom. The largest absolute Gasteiger partial charge is 0.350 e. The molecular weight excluding hydrogens is 448 g/mol. The number of fused-ring (bicyclic) bond motifs is 2. The van der Waals surface area contributed by atoms with Crippen molar-refractivity contribution in [2.24, 2.45) is 0 Å². The molecule has 7 nitrogen and oxygen atoms in total. The molecule has 0 saturated heterocycles. The van der Waals surface area contributed by atoms with Gasteiger partial charge < -0.3 is 10.6 Å². The van der Waals surface area contributed by atoms with Gasteiger partial charge in [-0.05, 0) is 57.4 Å².